The van der Waals surface area contributed by atoms with Crippen molar-refractivity contribution in [3.05, 3.63) is 35.4 Å². The van der Waals surface area contributed by atoms with Gasteiger partial charge in [-0.15, -0.1) is 0 Å². The fourth-order valence-electron chi connectivity index (χ4n) is 1.86. The van der Waals surface area contributed by atoms with Crippen LogP contribution in [-0.2, 0) is 9.47 Å². The van der Waals surface area contributed by atoms with Crippen molar-refractivity contribution in [3.8, 4) is 0 Å². The molecule has 0 saturated carbocycles. The summed E-state index contributed by atoms with van der Waals surface area (Å²) in [4.78, 5) is 22.7. The van der Waals surface area contributed by atoms with Gasteiger partial charge in [0.1, 0.15) is 6.61 Å². The fraction of sp³-hybridized carbons (Fsp3) is 0.429. The number of aromatic carboxylic acids is 1. The molecule has 0 atom stereocenters. The molecule has 19 heavy (non-hydrogen) atoms. The zero-order chi connectivity index (χ0) is 13.9. The van der Waals surface area contributed by atoms with Gasteiger partial charge in [0.15, 0.2) is 0 Å². The molecular weight excluding hydrogens is 248 g/mol. The van der Waals surface area contributed by atoms with Crippen LogP contribution in [0.5, 0.6) is 0 Å². The van der Waals surface area contributed by atoms with Crippen LogP contribution in [0.2, 0.25) is 0 Å². The molecule has 0 spiro atoms. The van der Waals surface area contributed by atoms with Crippen molar-refractivity contribution >= 4 is 11.9 Å². The highest BCUT2D eigenvalue weighted by molar-refractivity contribution is 5.94. The number of carboxylic acid groups (broad SMARTS) is 1. The van der Waals surface area contributed by atoms with Crippen LogP contribution in [0.4, 0.5) is 0 Å². The summed E-state index contributed by atoms with van der Waals surface area (Å²) in [5.74, 6) is -1.56. The fourth-order valence-corrected chi connectivity index (χ4v) is 1.86. The smallest absolute Gasteiger partial charge is 0.338 e. The molecule has 1 aromatic carbocycles. The Balaban J connectivity index is 2.00. The lowest BCUT2D eigenvalue weighted by Crippen LogP contribution is -2.46. The van der Waals surface area contributed by atoms with Gasteiger partial charge in [-0.2, -0.15) is 0 Å². The molecule has 1 aromatic rings. The van der Waals surface area contributed by atoms with Gasteiger partial charge in [-0.05, 0) is 24.6 Å². The summed E-state index contributed by atoms with van der Waals surface area (Å²) < 4.78 is 10.4. The van der Waals surface area contributed by atoms with E-state index >= 15 is 0 Å². The third-order valence-corrected chi connectivity index (χ3v) is 3.42. The highest BCUT2D eigenvalue weighted by atomic mass is 16.5. The molecule has 1 saturated heterocycles. The lowest BCUT2D eigenvalue weighted by Gasteiger charge is -2.39. The molecule has 0 unspecified atom stereocenters. The molecule has 0 bridgehead atoms. The van der Waals surface area contributed by atoms with Crippen LogP contribution in [0.3, 0.4) is 0 Å². The zero-order valence-corrected chi connectivity index (χ0v) is 10.7. The number of benzene rings is 1. The summed E-state index contributed by atoms with van der Waals surface area (Å²) in [6.07, 6.45) is 0.884. The molecule has 0 amide bonds. The van der Waals surface area contributed by atoms with Crippen molar-refractivity contribution in [1.29, 1.82) is 0 Å². The number of esters is 1. The quantitative estimate of drug-likeness (QED) is 0.823. The summed E-state index contributed by atoms with van der Waals surface area (Å²) in [6.45, 7) is 3.54. The number of hydrogen-bond acceptors (Lipinski definition) is 4. The highest BCUT2D eigenvalue weighted by Gasteiger charge is 2.38. The second kappa shape index (κ2) is 5.40. The Bertz CT molecular complexity index is 485. The van der Waals surface area contributed by atoms with Crippen molar-refractivity contribution in [2.24, 2.45) is 5.41 Å². The van der Waals surface area contributed by atoms with Crippen molar-refractivity contribution in [2.45, 2.75) is 13.3 Å². The molecule has 1 fully saturated rings. The monoisotopic (exact) mass is 264 g/mol. The van der Waals surface area contributed by atoms with Crippen LogP contribution < -0.4 is 0 Å². The van der Waals surface area contributed by atoms with E-state index in [4.69, 9.17) is 14.6 Å². The number of carbonyl (C=O) groups is 2. The topological polar surface area (TPSA) is 72.8 Å². The van der Waals surface area contributed by atoms with Gasteiger partial charge in [0.05, 0.1) is 29.8 Å². The van der Waals surface area contributed by atoms with Gasteiger partial charge in [-0.1, -0.05) is 13.0 Å². The maximum absolute atomic E-state index is 11.9. The van der Waals surface area contributed by atoms with Crippen molar-refractivity contribution in [2.75, 3.05) is 19.8 Å². The maximum atomic E-state index is 11.9. The molecule has 1 aliphatic rings. The van der Waals surface area contributed by atoms with Crippen LogP contribution in [0.25, 0.3) is 0 Å². The van der Waals surface area contributed by atoms with E-state index in [1.165, 1.54) is 18.2 Å². The van der Waals surface area contributed by atoms with Crippen LogP contribution in [-0.4, -0.2) is 36.9 Å². The van der Waals surface area contributed by atoms with E-state index in [0.29, 0.717) is 19.8 Å². The average Bonchev–Trinajstić information content (AvgIpc) is 2.38. The number of carboxylic acids is 1. The molecule has 5 heteroatoms. The molecule has 0 radical (unpaired) electrons. The van der Waals surface area contributed by atoms with Gasteiger partial charge in [-0.3, -0.25) is 0 Å². The van der Waals surface area contributed by atoms with Gasteiger partial charge in [0.25, 0.3) is 0 Å². The van der Waals surface area contributed by atoms with Gasteiger partial charge >= 0.3 is 11.9 Å². The molecule has 5 nitrogen and oxygen atoms in total. The first kappa shape index (κ1) is 13.5. The largest absolute Gasteiger partial charge is 0.478 e. The Hall–Kier alpha value is -1.88. The zero-order valence-electron chi connectivity index (χ0n) is 10.7. The Morgan fingerprint density at radius 2 is 2.05 bits per heavy atom. The van der Waals surface area contributed by atoms with E-state index < -0.39 is 11.9 Å². The summed E-state index contributed by atoms with van der Waals surface area (Å²) in [5, 5.41) is 8.87. The number of rotatable bonds is 5. The minimum Gasteiger partial charge on any atom is -0.478 e. The highest BCUT2D eigenvalue weighted by Crippen LogP contribution is 2.31. The molecule has 1 aliphatic heterocycles. The minimum absolute atomic E-state index is 0.0694. The number of hydrogen-bond donors (Lipinski definition) is 1. The number of carbonyl (C=O) groups excluding carboxylic acids is 1. The van der Waals surface area contributed by atoms with Crippen molar-refractivity contribution in [3.63, 3.8) is 0 Å². The Labute approximate surface area is 111 Å². The lowest BCUT2D eigenvalue weighted by atomic mass is 9.84. The van der Waals surface area contributed by atoms with Crippen LogP contribution >= 0.6 is 0 Å². The molecule has 2 rings (SSSR count). The van der Waals surface area contributed by atoms with E-state index in [-0.39, 0.29) is 16.5 Å². The van der Waals surface area contributed by atoms with Crippen molar-refractivity contribution < 1.29 is 24.2 Å². The summed E-state index contributed by atoms with van der Waals surface area (Å²) in [6, 6.07) is 5.83. The molecule has 1 N–H and O–H groups in total. The van der Waals surface area contributed by atoms with Gasteiger partial charge in [0.2, 0.25) is 0 Å². The van der Waals surface area contributed by atoms with Crippen LogP contribution in [0, 0.1) is 5.41 Å². The van der Waals surface area contributed by atoms with E-state index in [1.807, 2.05) is 6.92 Å². The van der Waals surface area contributed by atoms with E-state index in [1.54, 1.807) is 6.07 Å². The third-order valence-electron chi connectivity index (χ3n) is 3.42. The molecule has 0 aliphatic carbocycles. The van der Waals surface area contributed by atoms with Gasteiger partial charge < -0.3 is 14.6 Å². The summed E-state index contributed by atoms with van der Waals surface area (Å²) >= 11 is 0. The summed E-state index contributed by atoms with van der Waals surface area (Å²) in [7, 11) is 0. The van der Waals surface area contributed by atoms with Crippen LogP contribution in [0.15, 0.2) is 24.3 Å². The molecule has 0 aromatic heterocycles. The number of ether oxygens (including phenoxy) is 2. The SMILES string of the molecule is CCC1(COC(=O)c2cccc(C(=O)O)c2)COC1. The van der Waals surface area contributed by atoms with Crippen molar-refractivity contribution in [1.82, 2.24) is 0 Å². The Morgan fingerprint density at radius 1 is 1.37 bits per heavy atom. The predicted octanol–water partition coefficient (Wildman–Crippen LogP) is 1.97. The first-order chi connectivity index (χ1) is 9.06. The van der Waals surface area contributed by atoms with E-state index in [2.05, 4.69) is 0 Å². The minimum atomic E-state index is -1.06. The molecular formula is C14H16O5. The predicted molar refractivity (Wildman–Crippen MR) is 67.2 cm³/mol. The first-order valence-corrected chi connectivity index (χ1v) is 6.14. The Morgan fingerprint density at radius 3 is 2.58 bits per heavy atom. The standard InChI is InChI=1S/C14H16O5/c1-2-14(7-18-8-14)9-19-13(17)11-5-3-4-10(6-11)12(15)16/h3-6H,2,7-9H2,1H3,(H,15,16). The second-order valence-corrected chi connectivity index (χ2v) is 4.81. The first-order valence-electron chi connectivity index (χ1n) is 6.14. The van der Waals surface area contributed by atoms with Crippen LogP contribution in [0.1, 0.15) is 34.1 Å². The third kappa shape index (κ3) is 2.93. The average molecular weight is 264 g/mol. The lowest BCUT2D eigenvalue weighted by molar-refractivity contribution is -0.140. The molecule has 1 heterocycles. The second-order valence-electron chi connectivity index (χ2n) is 4.81. The summed E-state index contributed by atoms with van der Waals surface area (Å²) in [5.41, 5.74) is 0.262. The van der Waals surface area contributed by atoms with E-state index in [9.17, 15) is 9.59 Å². The van der Waals surface area contributed by atoms with E-state index in [0.717, 1.165) is 6.42 Å². The normalized spacial score (nSPS) is 16.5. The maximum Gasteiger partial charge on any atom is 0.338 e. The van der Waals surface area contributed by atoms with Gasteiger partial charge in [0, 0.05) is 0 Å². The molecule has 102 valence electrons. The Kier molecular flexibility index (Phi) is 3.85. The van der Waals surface area contributed by atoms with Gasteiger partial charge in [-0.25, -0.2) is 9.59 Å².